The quantitative estimate of drug-likeness (QED) is 0.0681. The van der Waals surface area contributed by atoms with E-state index in [1.54, 1.807) is 54.5 Å². The number of aromatic amines is 1. The number of nitrogens with two attached hydrogens (primary N) is 1. The van der Waals surface area contributed by atoms with E-state index >= 15 is 0 Å². The number of H-pyrrole nitrogens is 1. The SMILES string of the molecule is COC(=C/N(C)C(Cc1ccccc1)C(=O)Nc1ccc2cc(C#N)[nH]c2c1)/C(=C\C=O)c1cc(Cl)ccc1C(=O)CN. The highest BCUT2D eigenvalue weighted by Gasteiger charge is 2.25. The fraction of sp³-hybridized carbons (Fsp3) is 0.152. The number of fused-ring (bicyclic) bond motifs is 1. The van der Waals surface area contributed by atoms with E-state index in [-0.39, 0.29) is 29.6 Å². The fourth-order valence-corrected chi connectivity index (χ4v) is 4.89. The lowest BCUT2D eigenvalue weighted by atomic mass is 9.95. The van der Waals surface area contributed by atoms with Gasteiger partial charge in [-0.25, -0.2) is 0 Å². The van der Waals surface area contributed by atoms with E-state index in [0.717, 1.165) is 16.5 Å². The molecule has 4 rings (SSSR count). The lowest BCUT2D eigenvalue weighted by Crippen LogP contribution is -2.41. The van der Waals surface area contributed by atoms with Crippen molar-refractivity contribution >= 4 is 51.7 Å². The molecule has 1 atom stereocenters. The number of benzene rings is 3. The number of anilines is 1. The molecule has 0 radical (unpaired) electrons. The number of nitrogens with zero attached hydrogens (tertiary/aromatic N) is 2. The second kappa shape index (κ2) is 14.1. The summed E-state index contributed by atoms with van der Waals surface area (Å²) in [6, 6.07) is 22.7. The molecule has 1 aromatic heterocycles. The normalized spacial score (nSPS) is 12.3. The number of aromatic nitrogens is 1. The van der Waals surface area contributed by atoms with Gasteiger partial charge < -0.3 is 25.7 Å². The van der Waals surface area contributed by atoms with Gasteiger partial charge in [0.25, 0.3) is 0 Å². The van der Waals surface area contributed by atoms with E-state index in [1.807, 2.05) is 36.4 Å². The van der Waals surface area contributed by atoms with Gasteiger partial charge in [0.15, 0.2) is 5.78 Å². The van der Waals surface area contributed by atoms with Crippen LogP contribution in [0.25, 0.3) is 16.5 Å². The number of allylic oxidation sites excluding steroid dienone is 2. The van der Waals surface area contributed by atoms with Crippen molar-refractivity contribution in [2.24, 2.45) is 5.73 Å². The van der Waals surface area contributed by atoms with E-state index in [2.05, 4.69) is 16.4 Å². The number of rotatable bonds is 12. The summed E-state index contributed by atoms with van der Waals surface area (Å²) in [5.41, 5.74) is 9.21. The fourth-order valence-electron chi connectivity index (χ4n) is 4.72. The molecule has 43 heavy (non-hydrogen) atoms. The summed E-state index contributed by atoms with van der Waals surface area (Å²) in [4.78, 5) is 42.9. The monoisotopic (exact) mass is 595 g/mol. The Morgan fingerprint density at radius 1 is 1.12 bits per heavy atom. The van der Waals surface area contributed by atoms with Gasteiger partial charge in [0.2, 0.25) is 5.91 Å². The number of hydrogen-bond donors (Lipinski definition) is 3. The second-order valence-corrected chi connectivity index (χ2v) is 10.1. The Morgan fingerprint density at radius 2 is 1.88 bits per heavy atom. The van der Waals surface area contributed by atoms with Crippen LogP contribution in [-0.4, -0.2) is 54.6 Å². The second-order valence-electron chi connectivity index (χ2n) is 9.69. The van der Waals surface area contributed by atoms with Crippen LogP contribution in [0.15, 0.2) is 90.8 Å². The molecule has 4 N–H and O–H groups in total. The van der Waals surface area contributed by atoms with Crippen molar-refractivity contribution in [2.75, 3.05) is 26.0 Å². The van der Waals surface area contributed by atoms with Crippen molar-refractivity contribution in [1.29, 1.82) is 5.26 Å². The Balaban J connectivity index is 1.72. The summed E-state index contributed by atoms with van der Waals surface area (Å²) in [5.74, 6) is -0.410. The first-order valence-corrected chi connectivity index (χ1v) is 13.7. The third-order valence-corrected chi connectivity index (χ3v) is 7.11. The largest absolute Gasteiger partial charge is 0.495 e. The molecule has 0 bridgehead atoms. The number of likely N-dealkylation sites (N-methyl/N-ethyl adjacent to an activating group) is 1. The number of ketones is 1. The van der Waals surface area contributed by atoms with Crippen LogP contribution in [0, 0.1) is 11.3 Å². The van der Waals surface area contributed by atoms with Crippen LogP contribution < -0.4 is 11.1 Å². The minimum absolute atomic E-state index is 0.227. The number of carbonyl (C=O) groups is 3. The Labute approximate surface area is 254 Å². The molecule has 0 aliphatic rings. The molecular formula is C33H30ClN5O4. The minimum Gasteiger partial charge on any atom is -0.495 e. The molecule has 0 aliphatic heterocycles. The van der Waals surface area contributed by atoms with Gasteiger partial charge >= 0.3 is 0 Å². The number of Topliss-reactive ketones (excluding diaryl/α,β-unsaturated/α-hetero) is 1. The minimum atomic E-state index is -0.719. The van der Waals surface area contributed by atoms with Crippen LogP contribution in [0.3, 0.4) is 0 Å². The maximum Gasteiger partial charge on any atom is 0.247 e. The van der Waals surface area contributed by atoms with Gasteiger partial charge in [0.1, 0.15) is 29.9 Å². The number of aldehydes is 1. The highest BCUT2D eigenvalue weighted by Crippen LogP contribution is 2.30. The van der Waals surface area contributed by atoms with E-state index in [0.29, 0.717) is 40.2 Å². The molecule has 3 aromatic carbocycles. The van der Waals surface area contributed by atoms with Crippen LogP contribution in [0.5, 0.6) is 0 Å². The Morgan fingerprint density at radius 3 is 2.56 bits per heavy atom. The Kier molecular flexibility index (Phi) is 10.1. The summed E-state index contributed by atoms with van der Waals surface area (Å²) < 4.78 is 5.70. The van der Waals surface area contributed by atoms with Gasteiger partial charge in [-0.1, -0.05) is 48.0 Å². The first-order chi connectivity index (χ1) is 20.8. The number of nitriles is 1. The molecule has 9 nitrogen and oxygen atoms in total. The summed E-state index contributed by atoms with van der Waals surface area (Å²) in [7, 11) is 3.16. The summed E-state index contributed by atoms with van der Waals surface area (Å²) in [6.07, 6.45) is 3.81. The van der Waals surface area contributed by atoms with E-state index < -0.39 is 6.04 Å². The number of carbonyl (C=O) groups excluding carboxylic acids is 3. The van der Waals surface area contributed by atoms with Crippen molar-refractivity contribution < 1.29 is 19.1 Å². The van der Waals surface area contributed by atoms with Crippen LogP contribution in [-0.2, 0) is 20.7 Å². The zero-order valence-electron chi connectivity index (χ0n) is 23.6. The predicted molar refractivity (Wildman–Crippen MR) is 167 cm³/mol. The van der Waals surface area contributed by atoms with Crippen molar-refractivity contribution in [2.45, 2.75) is 12.5 Å². The van der Waals surface area contributed by atoms with Crippen molar-refractivity contribution in [3.05, 3.63) is 118 Å². The third kappa shape index (κ3) is 7.38. The zero-order valence-corrected chi connectivity index (χ0v) is 24.4. The van der Waals surface area contributed by atoms with Crippen molar-refractivity contribution in [1.82, 2.24) is 9.88 Å². The van der Waals surface area contributed by atoms with Crippen LogP contribution >= 0.6 is 11.6 Å². The number of hydrogen-bond acceptors (Lipinski definition) is 7. The lowest BCUT2D eigenvalue weighted by molar-refractivity contribution is -0.120. The molecule has 0 saturated carbocycles. The maximum atomic E-state index is 13.8. The van der Waals surface area contributed by atoms with Gasteiger partial charge in [-0.15, -0.1) is 0 Å². The van der Waals surface area contributed by atoms with Crippen LogP contribution in [0.4, 0.5) is 5.69 Å². The average Bonchev–Trinajstić information content (AvgIpc) is 3.44. The smallest absolute Gasteiger partial charge is 0.247 e. The van der Waals surface area contributed by atoms with Gasteiger partial charge in [-0.2, -0.15) is 5.26 Å². The van der Waals surface area contributed by atoms with Crippen LogP contribution in [0.1, 0.15) is 27.2 Å². The van der Waals surface area contributed by atoms with Crippen LogP contribution in [0.2, 0.25) is 5.02 Å². The van der Waals surface area contributed by atoms with Gasteiger partial charge in [0.05, 0.1) is 13.7 Å². The molecule has 1 heterocycles. The molecule has 10 heteroatoms. The lowest BCUT2D eigenvalue weighted by Gasteiger charge is -2.27. The number of ether oxygens (including phenoxy) is 1. The number of halogens is 1. The van der Waals surface area contributed by atoms with Gasteiger partial charge in [-0.05, 0) is 53.6 Å². The van der Waals surface area contributed by atoms with Gasteiger partial charge in [-0.3, -0.25) is 14.4 Å². The molecule has 1 amide bonds. The number of amides is 1. The maximum absolute atomic E-state index is 13.8. The molecule has 1 unspecified atom stereocenters. The topological polar surface area (TPSA) is 141 Å². The average molecular weight is 596 g/mol. The molecule has 218 valence electrons. The number of methoxy groups -OCH3 is 1. The van der Waals surface area contributed by atoms with Crippen molar-refractivity contribution in [3.8, 4) is 6.07 Å². The first-order valence-electron chi connectivity index (χ1n) is 13.3. The van der Waals surface area contributed by atoms with Gasteiger partial charge in [0, 0.05) is 52.4 Å². The third-order valence-electron chi connectivity index (χ3n) is 6.88. The molecule has 4 aromatic rings. The predicted octanol–water partition coefficient (Wildman–Crippen LogP) is 5.09. The Bertz CT molecular complexity index is 1750. The summed E-state index contributed by atoms with van der Waals surface area (Å²) in [5, 5.41) is 13.4. The highest BCUT2D eigenvalue weighted by atomic mass is 35.5. The summed E-state index contributed by atoms with van der Waals surface area (Å²) >= 11 is 6.27. The standard InChI is InChI=1S/C33H30ClN5O4/c1-39(20-32(43-2)27(12-13-40)28-16-23(34)9-11-26(28)31(41)19-36)30(14-21-6-4-3-5-7-21)33(42)38-24-10-8-22-15-25(18-35)37-29(22)17-24/h3-13,15-17,20,30,37H,14,19,36H2,1-2H3,(H,38,42)/b27-12-,32-20+. The molecular weight excluding hydrogens is 566 g/mol. The molecule has 0 fully saturated rings. The zero-order chi connectivity index (χ0) is 30.9. The molecule has 0 spiro atoms. The van der Waals surface area contributed by atoms with Crippen molar-refractivity contribution in [3.63, 3.8) is 0 Å². The Hall–Kier alpha value is -5.17. The van der Waals surface area contributed by atoms with E-state index in [9.17, 15) is 19.6 Å². The molecule has 0 saturated heterocycles. The number of nitrogens with one attached hydrogen (secondary N) is 2. The van der Waals surface area contributed by atoms with E-state index in [1.165, 1.54) is 13.2 Å². The highest BCUT2D eigenvalue weighted by molar-refractivity contribution is 6.31. The first kappa shape index (κ1) is 30.8. The van der Waals surface area contributed by atoms with E-state index in [4.69, 9.17) is 22.1 Å². The summed E-state index contributed by atoms with van der Waals surface area (Å²) in [6.45, 7) is -0.236. The molecule has 0 aliphatic carbocycles.